The zero-order valence-electron chi connectivity index (χ0n) is 13.9. The van der Waals surface area contributed by atoms with Crippen molar-refractivity contribution in [1.82, 2.24) is 0 Å². The number of unbranched alkanes of at least 4 members (excludes halogenated alkanes) is 4. The minimum Gasteiger partial charge on any atom is -0.508 e. The van der Waals surface area contributed by atoms with Crippen molar-refractivity contribution >= 4 is 0 Å². The largest absolute Gasteiger partial charge is 0.508 e. The monoisotopic (exact) mass is 352 g/mol. The van der Waals surface area contributed by atoms with Crippen molar-refractivity contribution < 1.29 is 28.5 Å². The van der Waals surface area contributed by atoms with Gasteiger partial charge in [-0.3, -0.25) is 0 Å². The first-order chi connectivity index (χ1) is 12.1. The molecule has 2 aromatic rings. The van der Waals surface area contributed by atoms with Gasteiger partial charge in [0.2, 0.25) is 0 Å². The summed E-state index contributed by atoms with van der Waals surface area (Å²) in [4.78, 5) is 0. The van der Waals surface area contributed by atoms with E-state index in [0.717, 1.165) is 44.2 Å². The summed E-state index contributed by atoms with van der Waals surface area (Å²) in [5, 5.41) is 18.2. The molecule has 0 bridgehead atoms. The van der Waals surface area contributed by atoms with Crippen LogP contribution in [0.5, 0.6) is 23.0 Å². The Hall–Kier alpha value is -2.50. The van der Waals surface area contributed by atoms with Gasteiger partial charge in [0.1, 0.15) is 11.5 Å². The molecule has 2 rings (SSSR count). The maximum Gasteiger partial charge on any atom is 0.168 e. The first-order valence-corrected chi connectivity index (χ1v) is 8.29. The lowest BCUT2D eigenvalue weighted by Crippen LogP contribution is -2.00. The average molecular weight is 352 g/mol. The Morgan fingerprint density at radius 2 is 1.04 bits per heavy atom. The van der Waals surface area contributed by atoms with Crippen LogP contribution in [0.2, 0.25) is 0 Å². The van der Waals surface area contributed by atoms with Gasteiger partial charge in [-0.25, -0.2) is 8.78 Å². The summed E-state index contributed by atoms with van der Waals surface area (Å²) >= 11 is 0. The fraction of sp³-hybridized carbons (Fsp3) is 0.368. The lowest BCUT2D eigenvalue weighted by Gasteiger charge is -2.08. The minimum atomic E-state index is -0.571. The van der Waals surface area contributed by atoms with Crippen molar-refractivity contribution in [2.75, 3.05) is 13.2 Å². The van der Waals surface area contributed by atoms with Crippen LogP contribution in [0.1, 0.15) is 32.1 Å². The van der Waals surface area contributed by atoms with E-state index < -0.39 is 11.6 Å². The molecule has 136 valence electrons. The van der Waals surface area contributed by atoms with Crippen LogP contribution in [0, 0.1) is 11.6 Å². The number of ether oxygens (including phenoxy) is 2. The normalized spacial score (nSPS) is 10.6. The van der Waals surface area contributed by atoms with E-state index in [4.69, 9.17) is 19.7 Å². The van der Waals surface area contributed by atoms with Crippen LogP contribution >= 0.6 is 0 Å². The highest BCUT2D eigenvalue weighted by Gasteiger charge is 2.05. The van der Waals surface area contributed by atoms with Crippen molar-refractivity contribution in [3.8, 4) is 23.0 Å². The van der Waals surface area contributed by atoms with Gasteiger partial charge in [-0.05, 0) is 37.1 Å². The predicted octanol–water partition coefficient (Wildman–Crippen LogP) is 4.78. The number of phenols is 2. The maximum absolute atomic E-state index is 13.4. The SMILES string of the molecule is Oc1ccc(OCCCCCCCOc2ccc(O)cc2F)c(F)c1. The number of aromatic hydroxyl groups is 2. The van der Waals surface area contributed by atoms with Gasteiger partial charge < -0.3 is 19.7 Å². The molecule has 0 unspecified atom stereocenters. The van der Waals surface area contributed by atoms with Gasteiger partial charge in [0.15, 0.2) is 23.1 Å². The van der Waals surface area contributed by atoms with Crippen LogP contribution in [0.4, 0.5) is 8.78 Å². The molecule has 0 atom stereocenters. The van der Waals surface area contributed by atoms with E-state index in [1.54, 1.807) is 0 Å². The Morgan fingerprint density at radius 1 is 0.640 bits per heavy atom. The molecule has 0 radical (unpaired) electrons. The molecule has 0 aliphatic heterocycles. The highest BCUT2D eigenvalue weighted by Crippen LogP contribution is 2.23. The van der Waals surface area contributed by atoms with E-state index in [-0.39, 0.29) is 23.0 Å². The van der Waals surface area contributed by atoms with Crippen LogP contribution in [-0.2, 0) is 0 Å². The van der Waals surface area contributed by atoms with Crippen molar-refractivity contribution in [3.05, 3.63) is 48.0 Å². The Labute approximate surface area is 145 Å². The molecule has 2 N–H and O–H groups in total. The lowest BCUT2D eigenvalue weighted by atomic mass is 10.1. The third-order valence-corrected chi connectivity index (χ3v) is 3.63. The summed E-state index contributed by atoms with van der Waals surface area (Å²) in [6.45, 7) is 0.827. The van der Waals surface area contributed by atoms with Gasteiger partial charge >= 0.3 is 0 Å². The molecule has 0 spiro atoms. The number of hydrogen-bond donors (Lipinski definition) is 2. The van der Waals surface area contributed by atoms with E-state index in [1.807, 2.05) is 0 Å². The third-order valence-electron chi connectivity index (χ3n) is 3.63. The van der Waals surface area contributed by atoms with Gasteiger partial charge in [-0.2, -0.15) is 0 Å². The standard InChI is InChI=1S/C19H22F2O4/c20-16-12-14(22)6-8-18(16)24-10-4-2-1-3-5-11-25-19-9-7-15(23)13-17(19)21/h6-9,12-13,22-23H,1-5,10-11H2. The van der Waals surface area contributed by atoms with E-state index >= 15 is 0 Å². The fourth-order valence-corrected chi connectivity index (χ4v) is 2.31. The summed E-state index contributed by atoms with van der Waals surface area (Å²) in [5.74, 6) is -1.11. The molecular formula is C19H22F2O4. The Balaban J connectivity index is 1.51. The molecule has 0 aromatic heterocycles. The summed E-state index contributed by atoms with van der Waals surface area (Å²) in [5.41, 5.74) is 0. The molecule has 2 aromatic carbocycles. The average Bonchev–Trinajstić information content (AvgIpc) is 2.56. The molecule has 0 aliphatic carbocycles. The summed E-state index contributed by atoms with van der Waals surface area (Å²) < 4.78 is 37.5. The zero-order chi connectivity index (χ0) is 18.1. The molecule has 25 heavy (non-hydrogen) atoms. The lowest BCUT2D eigenvalue weighted by molar-refractivity contribution is 0.279. The van der Waals surface area contributed by atoms with Crippen molar-refractivity contribution in [3.63, 3.8) is 0 Å². The molecule has 0 saturated carbocycles. The summed E-state index contributed by atoms with van der Waals surface area (Å²) in [6, 6.07) is 7.62. The number of benzene rings is 2. The number of rotatable bonds is 10. The minimum absolute atomic E-state index is 0.126. The van der Waals surface area contributed by atoms with Gasteiger partial charge in [0.25, 0.3) is 0 Å². The van der Waals surface area contributed by atoms with Gasteiger partial charge in [-0.15, -0.1) is 0 Å². The fourth-order valence-electron chi connectivity index (χ4n) is 2.31. The second-order valence-corrected chi connectivity index (χ2v) is 5.69. The van der Waals surface area contributed by atoms with E-state index in [2.05, 4.69) is 0 Å². The van der Waals surface area contributed by atoms with Gasteiger partial charge in [0.05, 0.1) is 13.2 Å². The molecule has 0 heterocycles. The highest BCUT2D eigenvalue weighted by atomic mass is 19.1. The molecule has 0 fully saturated rings. The topological polar surface area (TPSA) is 58.9 Å². The molecular weight excluding hydrogens is 330 g/mol. The Morgan fingerprint density at radius 3 is 1.44 bits per heavy atom. The molecule has 0 saturated heterocycles. The summed E-state index contributed by atoms with van der Waals surface area (Å²) in [6.07, 6.45) is 4.45. The molecule has 6 heteroatoms. The predicted molar refractivity (Wildman–Crippen MR) is 90.2 cm³/mol. The first kappa shape index (κ1) is 18.8. The second kappa shape index (κ2) is 9.71. The van der Waals surface area contributed by atoms with Crippen molar-refractivity contribution in [1.29, 1.82) is 0 Å². The number of hydrogen-bond acceptors (Lipinski definition) is 4. The van der Waals surface area contributed by atoms with E-state index in [1.165, 1.54) is 24.3 Å². The van der Waals surface area contributed by atoms with Gasteiger partial charge in [-0.1, -0.05) is 19.3 Å². The molecule has 0 amide bonds. The third kappa shape index (κ3) is 6.49. The van der Waals surface area contributed by atoms with E-state index in [0.29, 0.717) is 13.2 Å². The first-order valence-electron chi connectivity index (χ1n) is 8.29. The van der Waals surface area contributed by atoms with E-state index in [9.17, 15) is 8.78 Å². The second-order valence-electron chi connectivity index (χ2n) is 5.69. The van der Waals surface area contributed by atoms with Crippen LogP contribution in [0.3, 0.4) is 0 Å². The van der Waals surface area contributed by atoms with Crippen molar-refractivity contribution in [2.45, 2.75) is 32.1 Å². The number of halogens is 2. The van der Waals surface area contributed by atoms with Crippen LogP contribution in [0.25, 0.3) is 0 Å². The molecule has 4 nitrogen and oxygen atoms in total. The number of phenolic OH excluding ortho intramolecular Hbond substituents is 2. The zero-order valence-corrected chi connectivity index (χ0v) is 13.9. The summed E-state index contributed by atoms with van der Waals surface area (Å²) in [7, 11) is 0. The van der Waals surface area contributed by atoms with Gasteiger partial charge in [0, 0.05) is 12.1 Å². The van der Waals surface area contributed by atoms with Crippen LogP contribution in [0.15, 0.2) is 36.4 Å². The maximum atomic E-state index is 13.4. The van der Waals surface area contributed by atoms with Crippen molar-refractivity contribution in [2.24, 2.45) is 0 Å². The molecule has 0 aliphatic rings. The smallest absolute Gasteiger partial charge is 0.168 e. The quantitative estimate of drug-likeness (QED) is 0.604. The van der Waals surface area contributed by atoms with Crippen LogP contribution in [-0.4, -0.2) is 23.4 Å². The Kier molecular flexibility index (Phi) is 7.32. The Bertz CT molecular complexity index is 619. The highest BCUT2D eigenvalue weighted by molar-refractivity contribution is 5.32. The van der Waals surface area contributed by atoms with Crippen LogP contribution < -0.4 is 9.47 Å².